The Morgan fingerprint density at radius 1 is 1.10 bits per heavy atom. The molecule has 3 aliphatic rings. The Morgan fingerprint density at radius 3 is 2.52 bits per heavy atom. The maximum atomic E-state index is 14.6. The molecule has 7 N–H and O–H groups in total. The lowest BCUT2D eigenvalue weighted by Gasteiger charge is -2.37. The van der Waals surface area contributed by atoms with E-state index < -0.39 is 68.1 Å². The van der Waals surface area contributed by atoms with E-state index in [2.05, 4.69) is 15.6 Å². The van der Waals surface area contributed by atoms with Gasteiger partial charge in [-0.2, -0.15) is 0 Å². The molecular formula is C32H47N5O12Si. The van der Waals surface area contributed by atoms with Gasteiger partial charge in [-0.15, -0.1) is 5.10 Å². The van der Waals surface area contributed by atoms with Crippen LogP contribution in [-0.2, 0) is 47.2 Å². The maximum absolute atomic E-state index is 14.6. The number of aliphatic hydroxyl groups is 5. The Kier molecular flexibility index (Phi) is 11.5. The number of esters is 1. The second-order valence-corrected chi connectivity index (χ2v) is 17.7. The van der Waals surface area contributed by atoms with Crippen LogP contribution in [0, 0.1) is 5.92 Å². The summed E-state index contributed by atoms with van der Waals surface area (Å²) in [6.07, 6.45) is -6.09. The molecule has 0 radical (unpaired) electrons. The van der Waals surface area contributed by atoms with Crippen LogP contribution in [0.5, 0.6) is 0 Å². The van der Waals surface area contributed by atoms with Gasteiger partial charge in [0.2, 0.25) is 0 Å². The minimum atomic E-state index is -3.01. The number of aryl methyl sites for hydroxylation is 1. The van der Waals surface area contributed by atoms with Crippen molar-refractivity contribution in [3.8, 4) is 0 Å². The van der Waals surface area contributed by atoms with Crippen molar-refractivity contribution in [3.63, 3.8) is 0 Å². The van der Waals surface area contributed by atoms with Crippen molar-refractivity contribution < 1.29 is 58.9 Å². The number of rotatable bonds is 13. The predicted molar refractivity (Wildman–Crippen MR) is 177 cm³/mol. The van der Waals surface area contributed by atoms with Crippen molar-refractivity contribution in [1.29, 1.82) is 0 Å². The number of unbranched alkanes of at least 4 members (excludes halogenated alkanes) is 1. The number of fused-ring (bicyclic) bond motifs is 2. The Bertz CT molecular complexity index is 1550. The molecule has 9 atom stereocenters. The molecule has 17 nitrogen and oxygen atoms in total. The molecule has 0 aliphatic carbocycles. The second-order valence-electron chi connectivity index (χ2n) is 13.7. The number of carbonyl (C=O) groups excluding carboxylic acids is 3. The molecule has 4 heterocycles. The molecule has 2 saturated heterocycles. The van der Waals surface area contributed by atoms with E-state index in [-0.39, 0.29) is 37.1 Å². The van der Waals surface area contributed by atoms with Crippen LogP contribution < -0.4 is 10.2 Å². The normalized spacial score (nSPS) is 30.9. The Balaban J connectivity index is 1.47. The third kappa shape index (κ3) is 7.21. The van der Waals surface area contributed by atoms with Gasteiger partial charge in [0.05, 0.1) is 24.6 Å². The van der Waals surface area contributed by atoms with Gasteiger partial charge in [-0.3, -0.25) is 19.1 Å². The number of hydrogen-bond donors (Lipinski definition) is 7. The summed E-state index contributed by atoms with van der Waals surface area (Å²) < 4.78 is 18.3. The molecule has 276 valence electrons. The van der Waals surface area contributed by atoms with Crippen LogP contribution in [0.1, 0.15) is 43.9 Å². The summed E-state index contributed by atoms with van der Waals surface area (Å²) in [4.78, 5) is 52.8. The highest BCUT2D eigenvalue weighted by Gasteiger charge is 2.66. The number of carbonyl (C=O) groups is 3. The van der Waals surface area contributed by atoms with Gasteiger partial charge in [-0.25, -0.2) is 0 Å². The number of amides is 2. The topological polar surface area (TPSA) is 246 Å². The molecule has 2 amide bonds. The van der Waals surface area contributed by atoms with E-state index in [1.807, 2.05) is 6.92 Å². The Labute approximate surface area is 289 Å². The average molecular weight is 722 g/mol. The lowest BCUT2D eigenvalue weighted by Crippen LogP contribution is -2.60. The van der Waals surface area contributed by atoms with Crippen molar-refractivity contribution in [2.45, 2.75) is 107 Å². The summed E-state index contributed by atoms with van der Waals surface area (Å²) in [5.41, 5.74) is -0.141. The van der Waals surface area contributed by atoms with Crippen LogP contribution in [0.4, 0.5) is 11.4 Å². The van der Waals surface area contributed by atoms with Gasteiger partial charge in [0.1, 0.15) is 18.3 Å². The summed E-state index contributed by atoms with van der Waals surface area (Å²) >= 11 is 0. The standard InChI is InChI=1S/C32H47N5O12Si/c1-17-28(50(3,4)46)22(10-13-36-16-19(11-14-38)34-35-36)49-32(17)20-15-18(33-29(43)27-25(41)24(40)26(42)30(44)48-27)8-9-21(20)37(31(32)45)12-6-5-7-23(39)47-2/h8-9,15-17,22,24-28,30,38,40-42,44,46H,5-7,10-14H2,1-4H3,(H,33,43)/t17-,22+,24+,25+,26-,27+,28-,30-,32+/m1/s1. The molecule has 1 aromatic heterocycles. The number of aromatic nitrogens is 3. The van der Waals surface area contributed by atoms with Gasteiger partial charge < -0.3 is 54.8 Å². The summed E-state index contributed by atoms with van der Waals surface area (Å²) in [6, 6.07) is 4.80. The highest BCUT2D eigenvalue weighted by Crippen LogP contribution is 2.60. The fourth-order valence-corrected chi connectivity index (χ4v) is 10.1. The molecule has 50 heavy (non-hydrogen) atoms. The number of ether oxygens (including phenoxy) is 3. The first-order valence-electron chi connectivity index (χ1n) is 16.8. The third-order valence-electron chi connectivity index (χ3n) is 9.94. The molecule has 2 aromatic rings. The van der Waals surface area contributed by atoms with E-state index in [9.17, 15) is 44.7 Å². The minimum absolute atomic E-state index is 0.0682. The number of methoxy groups -OCH3 is 1. The van der Waals surface area contributed by atoms with Gasteiger partial charge >= 0.3 is 5.97 Å². The number of anilines is 2. The zero-order valence-electron chi connectivity index (χ0n) is 28.5. The first-order valence-corrected chi connectivity index (χ1v) is 19.8. The number of benzene rings is 1. The van der Waals surface area contributed by atoms with E-state index >= 15 is 0 Å². The minimum Gasteiger partial charge on any atom is -0.469 e. The van der Waals surface area contributed by atoms with E-state index in [1.54, 1.807) is 47.1 Å². The van der Waals surface area contributed by atoms with E-state index in [0.29, 0.717) is 49.2 Å². The number of nitrogens with one attached hydrogen (secondary N) is 1. The van der Waals surface area contributed by atoms with Gasteiger partial charge in [-0.1, -0.05) is 12.1 Å². The molecule has 3 aliphatic heterocycles. The highest BCUT2D eigenvalue weighted by molar-refractivity contribution is 6.71. The van der Waals surface area contributed by atoms with Gasteiger partial charge in [-0.05, 0) is 50.6 Å². The van der Waals surface area contributed by atoms with Crippen LogP contribution in [0.25, 0.3) is 0 Å². The summed E-state index contributed by atoms with van der Waals surface area (Å²) in [5, 5.41) is 60.4. The summed E-state index contributed by atoms with van der Waals surface area (Å²) in [5.74, 6) is -2.13. The molecule has 18 heteroatoms. The first kappa shape index (κ1) is 37.9. The Hall–Kier alpha value is -3.33. The third-order valence-corrected chi connectivity index (χ3v) is 12.4. The SMILES string of the molecule is COC(=O)CCCCN1C(=O)[C@@]2(O[C@@H](CCn3cc(CCO)nn3)[C@H]([Si](C)(C)O)[C@H]2C)c2cc(NC(=O)[C@H]3O[C@@H](O)[C@H](O)[C@@H](O)[C@@H]3O)ccc21. The lowest BCUT2D eigenvalue weighted by atomic mass is 9.82. The van der Waals surface area contributed by atoms with Crippen LogP contribution in [0.3, 0.4) is 0 Å². The fraction of sp³-hybridized carbons (Fsp3) is 0.656. The maximum Gasteiger partial charge on any atom is 0.305 e. The lowest BCUT2D eigenvalue weighted by molar-refractivity contribution is -0.274. The summed E-state index contributed by atoms with van der Waals surface area (Å²) in [7, 11) is -1.70. The molecule has 1 aromatic carbocycles. The van der Waals surface area contributed by atoms with E-state index in [4.69, 9.17) is 14.2 Å². The van der Waals surface area contributed by atoms with Crippen LogP contribution in [0.15, 0.2) is 24.4 Å². The molecule has 0 bridgehead atoms. The van der Waals surface area contributed by atoms with E-state index in [0.717, 1.165) is 0 Å². The number of nitrogens with zero attached hydrogens (tertiary/aromatic N) is 4. The largest absolute Gasteiger partial charge is 0.469 e. The van der Waals surface area contributed by atoms with Gasteiger partial charge in [0.25, 0.3) is 11.8 Å². The van der Waals surface area contributed by atoms with Crippen molar-refractivity contribution in [2.24, 2.45) is 5.92 Å². The zero-order valence-corrected chi connectivity index (χ0v) is 29.5. The van der Waals surface area contributed by atoms with Crippen molar-refractivity contribution >= 4 is 37.5 Å². The molecule has 0 saturated carbocycles. The van der Waals surface area contributed by atoms with Gasteiger partial charge in [0.15, 0.2) is 26.3 Å². The Morgan fingerprint density at radius 2 is 1.84 bits per heavy atom. The monoisotopic (exact) mass is 721 g/mol. The van der Waals surface area contributed by atoms with Crippen LogP contribution in [-0.4, -0.2) is 128 Å². The average Bonchev–Trinajstić information content (AvgIpc) is 3.72. The quantitative estimate of drug-likeness (QED) is 0.0756. The van der Waals surface area contributed by atoms with Crippen molar-refractivity contribution in [2.75, 3.05) is 30.5 Å². The smallest absolute Gasteiger partial charge is 0.305 e. The molecule has 1 spiro atoms. The second kappa shape index (κ2) is 15.1. The molecule has 5 rings (SSSR count). The fourth-order valence-electron chi connectivity index (χ4n) is 7.52. The van der Waals surface area contributed by atoms with Crippen LogP contribution in [0.2, 0.25) is 18.6 Å². The van der Waals surface area contributed by atoms with E-state index in [1.165, 1.54) is 7.11 Å². The highest BCUT2D eigenvalue weighted by atomic mass is 28.4. The van der Waals surface area contributed by atoms with Gasteiger partial charge in [0, 0.05) is 61.4 Å². The number of aliphatic hydroxyl groups excluding tert-OH is 5. The zero-order chi connectivity index (χ0) is 36.5. The number of hydrogen-bond acceptors (Lipinski definition) is 14. The molecular weight excluding hydrogens is 674 g/mol. The molecule has 2 fully saturated rings. The predicted octanol–water partition coefficient (Wildman–Crippen LogP) is -0.871. The molecule has 0 unspecified atom stereocenters. The summed E-state index contributed by atoms with van der Waals surface area (Å²) in [6.45, 7) is 6.04. The van der Waals surface area contributed by atoms with Crippen molar-refractivity contribution in [1.82, 2.24) is 15.0 Å². The first-order chi connectivity index (χ1) is 23.6. The van der Waals surface area contributed by atoms with Crippen LogP contribution >= 0.6 is 0 Å². The van der Waals surface area contributed by atoms with Crippen molar-refractivity contribution in [3.05, 3.63) is 35.7 Å².